The van der Waals surface area contributed by atoms with E-state index in [0.29, 0.717) is 6.42 Å². The Labute approximate surface area is 166 Å². The Bertz CT molecular complexity index is 893. The molecule has 2 spiro atoms. The summed E-state index contributed by atoms with van der Waals surface area (Å²) in [5.41, 5.74) is -6.81. The summed E-state index contributed by atoms with van der Waals surface area (Å²) < 4.78 is 22.9. The van der Waals surface area contributed by atoms with Crippen LogP contribution in [0.25, 0.3) is 0 Å². The second kappa shape index (κ2) is 4.48. The van der Waals surface area contributed by atoms with Crippen LogP contribution >= 0.6 is 0 Å². The first-order valence-corrected chi connectivity index (χ1v) is 10.1. The Hall–Kier alpha value is -1.71. The van der Waals surface area contributed by atoms with Gasteiger partial charge in [0.2, 0.25) is 11.9 Å². The zero-order valence-corrected chi connectivity index (χ0v) is 16.6. The fraction of sp³-hybridized carbons (Fsp3) is 0.850. The normalized spacial score (nSPS) is 59.2. The second-order valence-corrected chi connectivity index (χ2v) is 10.6. The quantitative estimate of drug-likeness (QED) is 0.408. The van der Waals surface area contributed by atoms with E-state index < -0.39 is 70.5 Å². The van der Waals surface area contributed by atoms with Gasteiger partial charge in [-0.15, -0.1) is 0 Å². The number of aliphatic hydroxyl groups excluding tert-OH is 1. The van der Waals surface area contributed by atoms with Crippen LogP contribution in [0.2, 0.25) is 0 Å². The zero-order valence-electron chi connectivity index (χ0n) is 16.6. The van der Waals surface area contributed by atoms with Crippen molar-refractivity contribution in [3.63, 3.8) is 0 Å². The number of aliphatic hydroxyl groups is 2. The largest absolute Gasteiger partial charge is 0.459 e. The van der Waals surface area contributed by atoms with Crippen molar-refractivity contribution >= 4 is 17.9 Å². The first-order chi connectivity index (χ1) is 13.4. The van der Waals surface area contributed by atoms with Crippen LogP contribution in [0.15, 0.2) is 0 Å². The van der Waals surface area contributed by atoms with Crippen molar-refractivity contribution in [2.45, 2.75) is 76.3 Å². The Morgan fingerprint density at radius 1 is 1.03 bits per heavy atom. The van der Waals surface area contributed by atoms with Crippen molar-refractivity contribution < 1.29 is 43.5 Å². The molecule has 0 aromatic rings. The maximum atomic E-state index is 13.3. The summed E-state index contributed by atoms with van der Waals surface area (Å²) in [5.74, 6) is -3.52. The predicted molar refractivity (Wildman–Crippen MR) is 90.6 cm³/mol. The molecule has 158 valence electrons. The molecule has 0 aromatic heterocycles. The molecule has 0 radical (unpaired) electrons. The van der Waals surface area contributed by atoms with Gasteiger partial charge in [0.15, 0.2) is 11.7 Å². The molecule has 0 amide bonds. The van der Waals surface area contributed by atoms with E-state index >= 15 is 0 Å². The highest BCUT2D eigenvalue weighted by atomic mass is 16.8. The van der Waals surface area contributed by atoms with E-state index in [9.17, 15) is 24.6 Å². The topological polar surface area (TPSA) is 129 Å². The monoisotopic (exact) mass is 408 g/mol. The van der Waals surface area contributed by atoms with E-state index in [1.54, 1.807) is 0 Å². The van der Waals surface area contributed by atoms with Crippen LogP contribution in [-0.2, 0) is 33.3 Å². The lowest BCUT2D eigenvalue weighted by molar-refractivity contribution is -0.238. The highest BCUT2D eigenvalue weighted by molar-refractivity contribution is 5.93. The maximum Gasteiger partial charge on any atom is 0.342 e. The third kappa shape index (κ3) is 1.35. The number of fused-ring (bicyclic) bond motifs is 1. The standard InChI is InChI=1S/C20H24O9/c1-7-12(22)26-10-6-17-9-5-8(16(2,3)4)18(17)11(21)13(23)28-15(18)29-20(17,14(24)27-9)19(7,10)25/h7-11,15,21,25H,5-6H2,1-4H3/t7-,8+,9-,10+,11+,15-,17-,18+,19-,20-/m0/s1. The Kier molecular flexibility index (Phi) is 2.79. The molecule has 29 heavy (non-hydrogen) atoms. The fourth-order valence-electron chi connectivity index (χ4n) is 8.06. The van der Waals surface area contributed by atoms with Gasteiger partial charge in [0.25, 0.3) is 0 Å². The van der Waals surface area contributed by atoms with Crippen LogP contribution in [-0.4, -0.2) is 63.9 Å². The molecular formula is C20H24O9. The van der Waals surface area contributed by atoms with E-state index in [4.69, 9.17) is 18.9 Å². The molecular weight excluding hydrogens is 384 g/mol. The van der Waals surface area contributed by atoms with Gasteiger partial charge < -0.3 is 29.2 Å². The smallest absolute Gasteiger partial charge is 0.342 e. The molecule has 0 bridgehead atoms. The predicted octanol–water partition coefficient (Wildman–Crippen LogP) is -0.340. The minimum atomic E-state index is -1.97. The molecule has 6 rings (SSSR count). The van der Waals surface area contributed by atoms with Gasteiger partial charge in [0, 0.05) is 6.42 Å². The minimum Gasteiger partial charge on any atom is -0.459 e. The SMILES string of the molecule is C[C@H]1C(=O)O[C@@H]2C[C@]34[C@@H]5C[C@H](C(C)(C)C)[C@@]36[C@@H](OC(=O)[C@H]6O)O[C@]4(C(=O)O5)[C@@]21O. The van der Waals surface area contributed by atoms with Gasteiger partial charge in [-0.05, 0) is 24.7 Å². The summed E-state index contributed by atoms with van der Waals surface area (Å²) >= 11 is 0. The van der Waals surface area contributed by atoms with Crippen LogP contribution in [0.4, 0.5) is 0 Å². The molecule has 2 aliphatic carbocycles. The van der Waals surface area contributed by atoms with E-state index in [1.165, 1.54) is 6.92 Å². The number of esters is 3. The molecule has 0 unspecified atom stereocenters. The maximum absolute atomic E-state index is 13.3. The first kappa shape index (κ1) is 18.1. The molecule has 4 aliphatic heterocycles. The number of carbonyl (C=O) groups excluding carboxylic acids is 3. The van der Waals surface area contributed by atoms with Gasteiger partial charge in [-0.2, -0.15) is 0 Å². The molecule has 0 aromatic carbocycles. The Morgan fingerprint density at radius 3 is 2.38 bits per heavy atom. The lowest BCUT2D eigenvalue weighted by atomic mass is 9.51. The van der Waals surface area contributed by atoms with Crippen molar-refractivity contribution in [2.75, 3.05) is 0 Å². The van der Waals surface area contributed by atoms with E-state index in [-0.39, 0.29) is 17.8 Å². The molecule has 9 nitrogen and oxygen atoms in total. The third-order valence-corrected chi connectivity index (χ3v) is 8.97. The fourth-order valence-corrected chi connectivity index (χ4v) is 8.06. The number of hydrogen-bond acceptors (Lipinski definition) is 9. The first-order valence-electron chi connectivity index (χ1n) is 10.1. The van der Waals surface area contributed by atoms with Gasteiger partial charge in [0.05, 0.1) is 16.7 Å². The van der Waals surface area contributed by atoms with Crippen molar-refractivity contribution in [1.82, 2.24) is 0 Å². The van der Waals surface area contributed by atoms with Gasteiger partial charge in [-0.3, -0.25) is 4.79 Å². The van der Waals surface area contributed by atoms with Gasteiger partial charge in [-0.25, -0.2) is 9.59 Å². The van der Waals surface area contributed by atoms with Crippen molar-refractivity contribution in [2.24, 2.45) is 28.1 Å². The minimum absolute atomic E-state index is 0.0623. The molecule has 9 heteroatoms. The summed E-state index contributed by atoms with van der Waals surface area (Å²) in [6.45, 7) is 7.47. The molecule has 2 saturated carbocycles. The van der Waals surface area contributed by atoms with Crippen LogP contribution < -0.4 is 0 Å². The van der Waals surface area contributed by atoms with E-state index in [2.05, 4.69) is 0 Å². The van der Waals surface area contributed by atoms with E-state index in [1.807, 2.05) is 20.8 Å². The second-order valence-electron chi connectivity index (χ2n) is 10.6. The zero-order chi connectivity index (χ0) is 20.9. The van der Waals surface area contributed by atoms with Gasteiger partial charge >= 0.3 is 17.9 Å². The average Bonchev–Trinajstić information content (AvgIpc) is 3.31. The van der Waals surface area contributed by atoms with Crippen molar-refractivity contribution in [3.8, 4) is 0 Å². The van der Waals surface area contributed by atoms with Crippen LogP contribution in [0.1, 0.15) is 40.5 Å². The van der Waals surface area contributed by atoms with Crippen LogP contribution in [0.3, 0.4) is 0 Å². The summed E-state index contributed by atoms with van der Waals surface area (Å²) in [5, 5.41) is 23.0. The Balaban J connectivity index is 1.68. The molecule has 6 fully saturated rings. The molecule has 6 aliphatic rings. The van der Waals surface area contributed by atoms with Gasteiger partial charge in [-0.1, -0.05) is 20.8 Å². The number of hydrogen-bond donors (Lipinski definition) is 2. The van der Waals surface area contributed by atoms with Crippen LogP contribution in [0.5, 0.6) is 0 Å². The number of carbonyl (C=O) groups is 3. The van der Waals surface area contributed by atoms with Gasteiger partial charge in [0.1, 0.15) is 12.2 Å². The Morgan fingerprint density at radius 2 is 1.72 bits per heavy atom. The summed E-state index contributed by atoms with van der Waals surface area (Å²) in [6, 6.07) is 0. The molecule has 4 saturated heterocycles. The average molecular weight is 408 g/mol. The summed E-state index contributed by atoms with van der Waals surface area (Å²) in [4.78, 5) is 38.1. The lowest BCUT2D eigenvalue weighted by Crippen LogP contribution is -2.66. The van der Waals surface area contributed by atoms with E-state index in [0.717, 1.165) is 0 Å². The molecule has 2 N–H and O–H groups in total. The number of rotatable bonds is 0. The van der Waals surface area contributed by atoms with Crippen molar-refractivity contribution in [1.29, 1.82) is 0 Å². The third-order valence-electron chi connectivity index (χ3n) is 8.97. The highest BCUT2D eigenvalue weighted by Gasteiger charge is 3.01. The molecule has 10 atom stereocenters. The summed E-state index contributed by atoms with van der Waals surface area (Å²) in [6.07, 6.45) is -3.96. The van der Waals surface area contributed by atoms with Crippen LogP contribution in [0, 0.1) is 28.1 Å². The number of ether oxygens (including phenoxy) is 4. The lowest BCUT2D eigenvalue weighted by Gasteiger charge is -2.46. The van der Waals surface area contributed by atoms with Crippen molar-refractivity contribution in [3.05, 3.63) is 0 Å². The highest BCUT2D eigenvalue weighted by Crippen LogP contribution is 2.84. The summed E-state index contributed by atoms with van der Waals surface area (Å²) in [7, 11) is 0. The molecule has 4 heterocycles.